The van der Waals surface area contributed by atoms with Crippen molar-refractivity contribution in [2.75, 3.05) is 24.3 Å². The zero-order valence-electron chi connectivity index (χ0n) is 9.50. The topological polar surface area (TPSA) is 41.1 Å². The molecule has 4 nitrogen and oxygen atoms in total. The lowest BCUT2D eigenvalue weighted by molar-refractivity contribution is 0.867. The summed E-state index contributed by atoms with van der Waals surface area (Å²) in [5.74, 6) is 1.63. The molecular formula is C10H18N4. The highest BCUT2D eigenvalue weighted by Gasteiger charge is 2.04. The van der Waals surface area contributed by atoms with Crippen molar-refractivity contribution in [3.63, 3.8) is 0 Å². The molecular weight excluding hydrogens is 176 g/mol. The first kappa shape index (κ1) is 10.8. The maximum Gasteiger partial charge on any atom is 0.225 e. The summed E-state index contributed by atoms with van der Waals surface area (Å²) in [5.41, 5.74) is 0.979. The number of anilines is 2. The first-order chi connectivity index (χ1) is 6.49. The molecule has 0 amide bonds. The number of rotatable bonds is 3. The van der Waals surface area contributed by atoms with E-state index in [0.717, 1.165) is 11.5 Å². The molecule has 0 bridgehead atoms. The lowest BCUT2D eigenvalue weighted by atomic mass is 10.4. The van der Waals surface area contributed by atoms with Crippen molar-refractivity contribution in [3.8, 4) is 0 Å². The van der Waals surface area contributed by atoms with Gasteiger partial charge < -0.3 is 10.2 Å². The normalized spacial score (nSPS) is 10.4. The monoisotopic (exact) mass is 194 g/mol. The lowest BCUT2D eigenvalue weighted by Crippen LogP contribution is -2.16. The number of hydrogen-bond donors (Lipinski definition) is 1. The SMILES string of the molecule is Cc1cc(N(C)C)nc(NC(C)C)n1. The Morgan fingerprint density at radius 1 is 1.29 bits per heavy atom. The van der Waals surface area contributed by atoms with E-state index in [2.05, 4.69) is 29.1 Å². The van der Waals surface area contributed by atoms with Crippen molar-refractivity contribution >= 4 is 11.8 Å². The Labute approximate surface area is 85.4 Å². The third-order valence-electron chi connectivity index (χ3n) is 1.72. The maximum absolute atomic E-state index is 4.38. The number of nitrogens with zero attached hydrogens (tertiary/aromatic N) is 3. The molecule has 0 aliphatic carbocycles. The highest BCUT2D eigenvalue weighted by atomic mass is 15.2. The van der Waals surface area contributed by atoms with Crippen LogP contribution >= 0.6 is 0 Å². The van der Waals surface area contributed by atoms with Gasteiger partial charge in [-0.2, -0.15) is 4.98 Å². The minimum absolute atomic E-state index is 0.354. The van der Waals surface area contributed by atoms with Crippen LogP contribution < -0.4 is 10.2 Å². The third kappa shape index (κ3) is 2.87. The number of aromatic nitrogens is 2. The zero-order valence-corrected chi connectivity index (χ0v) is 9.50. The Morgan fingerprint density at radius 3 is 2.43 bits per heavy atom. The molecule has 0 unspecified atom stereocenters. The standard InChI is InChI=1S/C10H18N4/c1-7(2)11-10-12-8(3)6-9(13-10)14(4)5/h6-7H,1-5H3,(H,11,12,13). The van der Waals surface area contributed by atoms with Crippen molar-refractivity contribution in [2.45, 2.75) is 26.8 Å². The van der Waals surface area contributed by atoms with Gasteiger partial charge in [-0.25, -0.2) is 4.98 Å². The van der Waals surface area contributed by atoms with Crippen LogP contribution in [0.1, 0.15) is 19.5 Å². The fourth-order valence-electron chi connectivity index (χ4n) is 1.10. The van der Waals surface area contributed by atoms with Gasteiger partial charge in [-0.1, -0.05) is 0 Å². The van der Waals surface area contributed by atoms with Crippen LogP contribution in [0.25, 0.3) is 0 Å². The van der Waals surface area contributed by atoms with Gasteiger partial charge in [0.05, 0.1) is 0 Å². The number of aryl methyl sites for hydroxylation is 1. The van der Waals surface area contributed by atoms with E-state index in [4.69, 9.17) is 0 Å². The molecule has 4 heteroatoms. The summed E-state index contributed by atoms with van der Waals surface area (Å²) in [4.78, 5) is 10.7. The van der Waals surface area contributed by atoms with E-state index in [1.54, 1.807) is 0 Å². The zero-order chi connectivity index (χ0) is 10.7. The maximum atomic E-state index is 4.38. The average molecular weight is 194 g/mol. The Kier molecular flexibility index (Phi) is 3.28. The van der Waals surface area contributed by atoms with E-state index in [1.165, 1.54) is 0 Å². The first-order valence-corrected chi connectivity index (χ1v) is 4.78. The molecule has 1 N–H and O–H groups in total. The second kappa shape index (κ2) is 4.26. The molecule has 0 aliphatic heterocycles. The van der Waals surface area contributed by atoms with Crippen LogP contribution in [0.15, 0.2) is 6.07 Å². The first-order valence-electron chi connectivity index (χ1n) is 4.78. The molecule has 0 radical (unpaired) electrons. The van der Waals surface area contributed by atoms with Gasteiger partial charge in [0, 0.05) is 31.9 Å². The summed E-state index contributed by atoms with van der Waals surface area (Å²) in [6.45, 7) is 6.11. The van der Waals surface area contributed by atoms with E-state index >= 15 is 0 Å². The van der Waals surface area contributed by atoms with Crippen LogP contribution in [-0.4, -0.2) is 30.1 Å². The Hall–Kier alpha value is -1.32. The van der Waals surface area contributed by atoms with Crippen molar-refractivity contribution in [2.24, 2.45) is 0 Å². The molecule has 1 aromatic heterocycles. The van der Waals surface area contributed by atoms with Gasteiger partial charge in [0.25, 0.3) is 0 Å². The fourth-order valence-corrected chi connectivity index (χ4v) is 1.10. The molecule has 0 atom stereocenters. The molecule has 1 rings (SSSR count). The fraction of sp³-hybridized carbons (Fsp3) is 0.600. The molecule has 0 aromatic carbocycles. The molecule has 0 saturated heterocycles. The summed E-state index contributed by atoms with van der Waals surface area (Å²) in [6, 6.07) is 2.32. The van der Waals surface area contributed by atoms with Crippen LogP contribution in [0.5, 0.6) is 0 Å². The van der Waals surface area contributed by atoms with E-state index in [9.17, 15) is 0 Å². The van der Waals surface area contributed by atoms with Gasteiger partial charge in [-0.15, -0.1) is 0 Å². The second-order valence-electron chi connectivity index (χ2n) is 3.88. The molecule has 0 fully saturated rings. The van der Waals surface area contributed by atoms with E-state index in [0.29, 0.717) is 12.0 Å². The summed E-state index contributed by atoms with van der Waals surface area (Å²) in [7, 11) is 3.95. The van der Waals surface area contributed by atoms with Crippen LogP contribution in [0.3, 0.4) is 0 Å². The predicted octanol–water partition coefficient (Wildman–Crippen LogP) is 1.67. The quantitative estimate of drug-likeness (QED) is 0.794. The predicted molar refractivity (Wildman–Crippen MR) is 59.9 cm³/mol. The summed E-state index contributed by atoms with van der Waals surface area (Å²) >= 11 is 0. The Morgan fingerprint density at radius 2 is 1.93 bits per heavy atom. The van der Waals surface area contributed by atoms with Gasteiger partial charge in [-0.3, -0.25) is 0 Å². The van der Waals surface area contributed by atoms with Crippen LogP contribution in [0, 0.1) is 6.92 Å². The smallest absolute Gasteiger partial charge is 0.225 e. The van der Waals surface area contributed by atoms with Crippen molar-refractivity contribution in [3.05, 3.63) is 11.8 Å². The highest BCUT2D eigenvalue weighted by molar-refractivity contribution is 5.43. The Balaban J connectivity index is 2.95. The van der Waals surface area contributed by atoms with Gasteiger partial charge in [-0.05, 0) is 20.8 Å². The minimum atomic E-state index is 0.354. The molecule has 14 heavy (non-hydrogen) atoms. The summed E-state index contributed by atoms with van der Waals surface area (Å²) < 4.78 is 0. The summed E-state index contributed by atoms with van der Waals surface area (Å²) in [6.07, 6.45) is 0. The van der Waals surface area contributed by atoms with Crippen LogP contribution in [-0.2, 0) is 0 Å². The number of hydrogen-bond acceptors (Lipinski definition) is 4. The average Bonchev–Trinajstić information content (AvgIpc) is 2.01. The highest BCUT2D eigenvalue weighted by Crippen LogP contribution is 2.12. The number of nitrogens with one attached hydrogen (secondary N) is 1. The van der Waals surface area contributed by atoms with Gasteiger partial charge in [0.2, 0.25) is 5.95 Å². The van der Waals surface area contributed by atoms with E-state index < -0.39 is 0 Å². The third-order valence-corrected chi connectivity index (χ3v) is 1.72. The van der Waals surface area contributed by atoms with E-state index in [1.807, 2.05) is 32.0 Å². The molecule has 1 heterocycles. The van der Waals surface area contributed by atoms with Crippen LogP contribution in [0.2, 0.25) is 0 Å². The van der Waals surface area contributed by atoms with Crippen molar-refractivity contribution in [1.82, 2.24) is 9.97 Å². The van der Waals surface area contributed by atoms with Crippen molar-refractivity contribution < 1.29 is 0 Å². The molecule has 1 aromatic rings. The minimum Gasteiger partial charge on any atom is -0.363 e. The molecule has 0 spiro atoms. The Bertz CT molecular complexity index is 307. The van der Waals surface area contributed by atoms with Gasteiger partial charge in [0.1, 0.15) is 5.82 Å². The van der Waals surface area contributed by atoms with Crippen LogP contribution in [0.4, 0.5) is 11.8 Å². The van der Waals surface area contributed by atoms with E-state index in [-0.39, 0.29) is 0 Å². The largest absolute Gasteiger partial charge is 0.363 e. The second-order valence-corrected chi connectivity index (χ2v) is 3.88. The van der Waals surface area contributed by atoms with Crippen molar-refractivity contribution in [1.29, 1.82) is 0 Å². The molecule has 78 valence electrons. The summed E-state index contributed by atoms with van der Waals surface area (Å²) in [5, 5.41) is 3.19. The molecule has 0 aliphatic rings. The molecule has 0 saturated carbocycles. The van der Waals surface area contributed by atoms with Gasteiger partial charge >= 0.3 is 0 Å². The van der Waals surface area contributed by atoms with Gasteiger partial charge in [0.15, 0.2) is 0 Å². The lowest BCUT2D eigenvalue weighted by Gasteiger charge is -2.14.